The van der Waals surface area contributed by atoms with Crippen molar-refractivity contribution in [3.8, 4) is 22.9 Å². The molecule has 1 heterocycles. The van der Waals surface area contributed by atoms with Gasteiger partial charge in [0.2, 0.25) is 17.6 Å². The number of benzene rings is 2. The Morgan fingerprint density at radius 3 is 2.52 bits per heavy atom. The number of hydrogen-bond donors (Lipinski definition) is 0. The maximum absolute atomic E-state index is 12.9. The molecule has 0 aliphatic rings. The first kappa shape index (κ1) is 20.4. The Labute approximate surface area is 170 Å². The van der Waals surface area contributed by atoms with Gasteiger partial charge in [-0.15, -0.1) is 0 Å². The second kappa shape index (κ2) is 9.23. The Kier molecular flexibility index (Phi) is 6.49. The van der Waals surface area contributed by atoms with Crippen molar-refractivity contribution < 1.29 is 18.8 Å². The topological polar surface area (TPSA) is 77.7 Å². The van der Waals surface area contributed by atoms with Crippen molar-refractivity contribution >= 4 is 11.6 Å². The summed E-state index contributed by atoms with van der Waals surface area (Å²) in [6, 6.07) is 13.3. The summed E-state index contributed by atoms with van der Waals surface area (Å²) in [6.45, 7) is 4.44. The number of hydrogen-bond acceptors (Lipinski definition) is 6. The van der Waals surface area contributed by atoms with Crippen molar-refractivity contribution in [3.05, 3.63) is 53.9 Å². The van der Waals surface area contributed by atoms with E-state index in [0.717, 1.165) is 11.1 Å². The van der Waals surface area contributed by atoms with Crippen molar-refractivity contribution in [1.29, 1.82) is 0 Å². The summed E-state index contributed by atoms with van der Waals surface area (Å²) in [5.41, 5.74) is 2.72. The Morgan fingerprint density at radius 2 is 1.86 bits per heavy atom. The van der Waals surface area contributed by atoms with Gasteiger partial charge in [0.05, 0.1) is 19.9 Å². The molecule has 0 spiro atoms. The van der Waals surface area contributed by atoms with Gasteiger partial charge < -0.3 is 18.9 Å². The van der Waals surface area contributed by atoms with Gasteiger partial charge in [-0.25, -0.2) is 0 Å². The van der Waals surface area contributed by atoms with E-state index in [1.807, 2.05) is 38.1 Å². The fourth-order valence-corrected chi connectivity index (χ4v) is 3.01. The number of aromatic nitrogens is 2. The summed E-state index contributed by atoms with van der Waals surface area (Å²) in [7, 11) is 3.17. The lowest BCUT2D eigenvalue weighted by Crippen LogP contribution is -2.31. The number of carbonyl (C=O) groups excluding carboxylic acids is 1. The van der Waals surface area contributed by atoms with Crippen LogP contribution in [0.15, 0.2) is 47.0 Å². The molecule has 152 valence electrons. The highest BCUT2D eigenvalue weighted by atomic mass is 16.5. The van der Waals surface area contributed by atoms with Gasteiger partial charge in [0.25, 0.3) is 0 Å². The lowest BCUT2D eigenvalue weighted by atomic mass is 10.1. The molecule has 0 N–H and O–H groups in total. The van der Waals surface area contributed by atoms with Crippen LogP contribution < -0.4 is 14.4 Å². The van der Waals surface area contributed by atoms with Gasteiger partial charge in [-0.3, -0.25) is 4.79 Å². The van der Waals surface area contributed by atoms with Gasteiger partial charge >= 0.3 is 0 Å². The molecule has 1 amide bonds. The summed E-state index contributed by atoms with van der Waals surface area (Å²) in [4.78, 5) is 18.9. The molecule has 29 heavy (non-hydrogen) atoms. The Balaban J connectivity index is 1.70. The van der Waals surface area contributed by atoms with Gasteiger partial charge in [-0.2, -0.15) is 4.98 Å². The molecule has 0 bridgehead atoms. The molecule has 0 fully saturated rings. The number of aryl methyl sites for hydroxylation is 2. The van der Waals surface area contributed by atoms with E-state index in [1.54, 1.807) is 37.3 Å². The van der Waals surface area contributed by atoms with Crippen LogP contribution in [0.25, 0.3) is 11.4 Å². The highest BCUT2D eigenvalue weighted by molar-refractivity contribution is 5.95. The van der Waals surface area contributed by atoms with E-state index in [9.17, 15) is 4.79 Å². The molecule has 3 aromatic rings. The average Bonchev–Trinajstić information content (AvgIpc) is 3.22. The van der Waals surface area contributed by atoms with Crippen LogP contribution in [0.2, 0.25) is 0 Å². The predicted octanol–water partition coefficient (Wildman–Crippen LogP) is 4.05. The Hall–Kier alpha value is -3.35. The molecule has 3 rings (SSSR count). The van der Waals surface area contributed by atoms with E-state index < -0.39 is 0 Å². The molecule has 7 nitrogen and oxygen atoms in total. The SMILES string of the molecule is CCN(C(=O)CCc1nc(-c2ccc(C)cc2)no1)c1cc(OC)ccc1OC. The molecule has 0 atom stereocenters. The number of carbonyl (C=O) groups is 1. The minimum atomic E-state index is -0.0610. The van der Waals surface area contributed by atoms with Crippen molar-refractivity contribution in [1.82, 2.24) is 10.1 Å². The third kappa shape index (κ3) is 4.74. The Bertz CT molecular complexity index is 966. The van der Waals surface area contributed by atoms with E-state index in [1.165, 1.54) is 0 Å². The van der Waals surface area contributed by atoms with Crippen LogP contribution in [0.1, 0.15) is 24.8 Å². The summed E-state index contributed by atoms with van der Waals surface area (Å²) < 4.78 is 16.0. The summed E-state index contributed by atoms with van der Waals surface area (Å²) in [5, 5.41) is 4.02. The lowest BCUT2D eigenvalue weighted by molar-refractivity contribution is -0.118. The molecular weight excluding hydrogens is 370 g/mol. The lowest BCUT2D eigenvalue weighted by Gasteiger charge is -2.23. The highest BCUT2D eigenvalue weighted by Gasteiger charge is 2.20. The minimum Gasteiger partial charge on any atom is -0.497 e. The normalized spacial score (nSPS) is 10.6. The maximum Gasteiger partial charge on any atom is 0.227 e. The molecular formula is C22H25N3O4. The van der Waals surface area contributed by atoms with Crippen molar-refractivity contribution in [2.75, 3.05) is 25.7 Å². The van der Waals surface area contributed by atoms with Crippen molar-refractivity contribution in [2.24, 2.45) is 0 Å². The molecule has 0 saturated heterocycles. The standard InChI is InChI=1S/C22H25N3O4/c1-5-25(18-14-17(27-3)10-11-19(18)28-4)21(26)13-12-20-23-22(24-29-20)16-8-6-15(2)7-9-16/h6-11,14H,5,12-13H2,1-4H3. The summed E-state index contributed by atoms with van der Waals surface area (Å²) in [6.07, 6.45) is 0.601. The smallest absolute Gasteiger partial charge is 0.227 e. The third-order valence-electron chi connectivity index (χ3n) is 4.62. The van der Waals surface area contributed by atoms with Crippen LogP contribution >= 0.6 is 0 Å². The Morgan fingerprint density at radius 1 is 1.10 bits per heavy atom. The molecule has 1 aromatic heterocycles. The number of anilines is 1. The number of nitrogens with zero attached hydrogens (tertiary/aromatic N) is 3. The molecule has 0 unspecified atom stereocenters. The predicted molar refractivity (Wildman–Crippen MR) is 110 cm³/mol. The van der Waals surface area contributed by atoms with Gasteiger partial charge in [0, 0.05) is 31.0 Å². The monoisotopic (exact) mass is 395 g/mol. The number of amides is 1. The van der Waals surface area contributed by atoms with E-state index in [4.69, 9.17) is 14.0 Å². The molecule has 0 radical (unpaired) electrons. The molecule has 0 saturated carbocycles. The second-order valence-electron chi connectivity index (χ2n) is 6.55. The van der Waals surface area contributed by atoms with Crippen LogP contribution in [-0.2, 0) is 11.2 Å². The van der Waals surface area contributed by atoms with Crippen LogP contribution in [0.4, 0.5) is 5.69 Å². The highest BCUT2D eigenvalue weighted by Crippen LogP contribution is 2.32. The minimum absolute atomic E-state index is 0.0610. The fourth-order valence-electron chi connectivity index (χ4n) is 3.01. The maximum atomic E-state index is 12.9. The first-order valence-electron chi connectivity index (χ1n) is 9.47. The zero-order valence-electron chi connectivity index (χ0n) is 17.1. The van der Waals surface area contributed by atoms with E-state index in [2.05, 4.69) is 10.1 Å². The zero-order valence-corrected chi connectivity index (χ0v) is 17.1. The van der Waals surface area contributed by atoms with Crippen LogP contribution in [0, 0.1) is 6.92 Å². The zero-order chi connectivity index (χ0) is 20.8. The van der Waals surface area contributed by atoms with E-state index >= 15 is 0 Å². The first-order chi connectivity index (χ1) is 14.0. The van der Waals surface area contributed by atoms with Crippen LogP contribution in [0.3, 0.4) is 0 Å². The van der Waals surface area contributed by atoms with Gasteiger partial charge in [0.15, 0.2) is 0 Å². The van der Waals surface area contributed by atoms with Crippen molar-refractivity contribution in [3.63, 3.8) is 0 Å². The van der Waals surface area contributed by atoms with Gasteiger partial charge in [-0.05, 0) is 26.0 Å². The molecule has 0 aliphatic carbocycles. The van der Waals surface area contributed by atoms with Crippen molar-refractivity contribution in [2.45, 2.75) is 26.7 Å². The van der Waals surface area contributed by atoms with Gasteiger partial charge in [-0.1, -0.05) is 35.0 Å². The van der Waals surface area contributed by atoms with Crippen LogP contribution in [-0.4, -0.2) is 36.8 Å². The third-order valence-corrected chi connectivity index (χ3v) is 4.62. The second-order valence-corrected chi connectivity index (χ2v) is 6.55. The molecule has 0 aliphatic heterocycles. The molecule has 2 aromatic carbocycles. The number of methoxy groups -OCH3 is 2. The average molecular weight is 395 g/mol. The van der Waals surface area contributed by atoms with Crippen LogP contribution in [0.5, 0.6) is 11.5 Å². The largest absolute Gasteiger partial charge is 0.497 e. The van der Waals surface area contributed by atoms with E-state index in [0.29, 0.717) is 41.9 Å². The number of ether oxygens (including phenoxy) is 2. The number of rotatable bonds is 8. The fraction of sp³-hybridized carbons (Fsp3) is 0.318. The first-order valence-corrected chi connectivity index (χ1v) is 9.47. The summed E-state index contributed by atoms with van der Waals surface area (Å²) in [5.74, 6) is 2.16. The summed E-state index contributed by atoms with van der Waals surface area (Å²) >= 11 is 0. The molecule has 7 heteroatoms. The van der Waals surface area contributed by atoms with E-state index in [-0.39, 0.29) is 12.3 Å². The van der Waals surface area contributed by atoms with Gasteiger partial charge in [0.1, 0.15) is 11.5 Å². The quantitative estimate of drug-likeness (QED) is 0.573.